The number of hydrogen-bond acceptors (Lipinski definition) is 11. The maximum Gasteiger partial charge on any atom is 0.260 e. The summed E-state index contributed by atoms with van der Waals surface area (Å²) in [5.74, 6) is -1.69. The van der Waals surface area contributed by atoms with Gasteiger partial charge in [0.15, 0.2) is 17.3 Å². The van der Waals surface area contributed by atoms with Crippen LogP contribution in [0, 0.1) is 5.41 Å². The lowest BCUT2D eigenvalue weighted by Crippen LogP contribution is -2.25. The van der Waals surface area contributed by atoms with E-state index in [1.54, 1.807) is 60.7 Å². The molecule has 0 radical (unpaired) electrons. The summed E-state index contributed by atoms with van der Waals surface area (Å²) in [7, 11) is -9.94. The first-order valence-corrected chi connectivity index (χ1v) is 20.6. The number of carbonyl (C=O) groups is 2. The molecule has 1 heterocycles. The van der Waals surface area contributed by atoms with Gasteiger partial charge < -0.3 is 24.1 Å². The lowest BCUT2D eigenvalue weighted by Gasteiger charge is -2.33. The molecular weight excluding hydrogens is 769 g/mol. The van der Waals surface area contributed by atoms with E-state index >= 15 is 0 Å². The van der Waals surface area contributed by atoms with Crippen molar-refractivity contribution in [1.82, 2.24) is 4.98 Å². The van der Waals surface area contributed by atoms with E-state index in [4.69, 9.17) is 4.74 Å². The highest BCUT2D eigenvalue weighted by Crippen LogP contribution is 2.48. The Morgan fingerprint density at radius 1 is 0.737 bits per heavy atom. The summed E-state index contributed by atoms with van der Waals surface area (Å²) in [5.41, 5.74) is -0.227. The molecule has 0 bridgehead atoms. The molecule has 0 saturated heterocycles. The van der Waals surface area contributed by atoms with Crippen LogP contribution in [0.1, 0.15) is 78.4 Å². The smallest absolute Gasteiger partial charge is 0.260 e. The fraction of sp³-hybridized carbons (Fsp3) is 0.186. The number of pyridine rings is 1. The van der Waals surface area contributed by atoms with E-state index in [9.17, 15) is 40.3 Å². The van der Waals surface area contributed by atoms with Gasteiger partial charge in [-0.1, -0.05) is 95.3 Å². The molecule has 0 spiro atoms. The molecule has 57 heavy (non-hydrogen) atoms. The Hall–Kier alpha value is -5.93. The van der Waals surface area contributed by atoms with Gasteiger partial charge in [0.2, 0.25) is 0 Å². The van der Waals surface area contributed by atoms with Crippen LogP contribution in [0.25, 0.3) is 22.0 Å². The highest BCUT2D eigenvalue weighted by Gasteiger charge is 2.35. The minimum atomic E-state index is -5.16. The van der Waals surface area contributed by atoms with Gasteiger partial charge in [0.1, 0.15) is 26.0 Å². The molecule has 292 valence electrons. The van der Waals surface area contributed by atoms with Gasteiger partial charge in [0.25, 0.3) is 5.56 Å². The third-order valence-electron chi connectivity index (χ3n) is 9.80. The summed E-state index contributed by atoms with van der Waals surface area (Å²) >= 11 is 0. The van der Waals surface area contributed by atoms with Crippen LogP contribution in [0.15, 0.2) is 118 Å². The van der Waals surface area contributed by atoms with Crippen molar-refractivity contribution in [2.75, 3.05) is 5.32 Å². The molecule has 1 aliphatic rings. The van der Waals surface area contributed by atoms with E-state index in [0.29, 0.717) is 12.0 Å². The van der Waals surface area contributed by atoms with E-state index in [1.807, 2.05) is 34.6 Å². The van der Waals surface area contributed by atoms with Gasteiger partial charge in [-0.2, -0.15) is 0 Å². The first-order chi connectivity index (χ1) is 26.6. The lowest BCUT2D eigenvalue weighted by atomic mass is 9.72. The highest BCUT2D eigenvalue weighted by atomic mass is 32.2. The van der Waals surface area contributed by atoms with Gasteiger partial charge in [0, 0.05) is 33.8 Å². The molecule has 0 amide bonds. The molecule has 2 N–H and O–H groups in total. The fourth-order valence-electron chi connectivity index (χ4n) is 7.73. The zero-order chi connectivity index (χ0) is 41.2. The molecule has 0 saturated carbocycles. The molecule has 0 unspecified atom stereocenters. The Kier molecular flexibility index (Phi) is 9.60. The van der Waals surface area contributed by atoms with Gasteiger partial charge in [0.05, 0.1) is 32.1 Å². The van der Waals surface area contributed by atoms with Crippen LogP contribution in [-0.2, 0) is 25.7 Å². The molecular formula is C43H36N2O10S2-2. The van der Waals surface area contributed by atoms with Crippen molar-refractivity contribution < 1.29 is 40.3 Å². The number of hydrogen-bond donors (Lipinski definition) is 2. The van der Waals surface area contributed by atoms with Gasteiger partial charge in [-0.25, -0.2) is 16.8 Å². The van der Waals surface area contributed by atoms with Gasteiger partial charge in [-0.15, -0.1) is 0 Å². The third-order valence-corrected chi connectivity index (χ3v) is 11.5. The van der Waals surface area contributed by atoms with Crippen LogP contribution in [0.4, 0.5) is 11.4 Å². The summed E-state index contributed by atoms with van der Waals surface area (Å²) < 4.78 is 79.9. The van der Waals surface area contributed by atoms with E-state index in [0.717, 1.165) is 12.1 Å². The average molecular weight is 805 g/mol. The number of aromatic nitrogens is 1. The predicted molar refractivity (Wildman–Crippen MR) is 213 cm³/mol. The Bertz CT molecular complexity index is 2930. The van der Waals surface area contributed by atoms with Crippen molar-refractivity contribution in [3.8, 4) is 22.6 Å². The van der Waals surface area contributed by atoms with Crippen molar-refractivity contribution in [1.29, 1.82) is 0 Å². The van der Waals surface area contributed by atoms with Gasteiger partial charge in [-0.3, -0.25) is 14.4 Å². The Balaban J connectivity index is 1.53. The zero-order valence-corrected chi connectivity index (χ0v) is 33.1. The first-order valence-electron chi connectivity index (χ1n) is 17.8. The SMILES string of the molecule is CC(C)(C)CC(C)(C)c1ccc(Oc2cc(Nc3ccc(S(=O)(=O)[O-])cc3)c3c4c(c(C(=O)c5ccccc5)c(=O)[nH]c24)-c2ccccc2C3=O)c(S(=O)(=O)[O-])c1. The zero-order valence-electron chi connectivity index (χ0n) is 31.4. The lowest BCUT2D eigenvalue weighted by molar-refractivity contribution is 0.102. The number of ether oxygens (including phenoxy) is 1. The average Bonchev–Trinajstić information content (AvgIpc) is 3.13. The van der Waals surface area contributed by atoms with Gasteiger partial charge in [-0.05, 0) is 64.8 Å². The molecule has 6 aromatic rings. The molecule has 7 rings (SSSR count). The second kappa shape index (κ2) is 13.9. The number of rotatable bonds is 10. The minimum Gasteiger partial charge on any atom is -0.744 e. The maximum absolute atomic E-state index is 14.5. The molecule has 14 heteroatoms. The molecule has 5 aromatic carbocycles. The van der Waals surface area contributed by atoms with E-state index < -0.39 is 52.6 Å². The minimum absolute atomic E-state index is 0.000817. The number of H-pyrrole nitrogens is 1. The van der Waals surface area contributed by atoms with Crippen molar-refractivity contribution >= 4 is 54.1 Å². The van der Waals surface area contributed by atoms with Crippen LogP contribution < -0.4 is 15.6 Å². The number of aromatic amines is 1. The second-order valence-corrected chi connectivity index (χ2v) is 18.5. The summed E-state index contributed by atoms with van der Waals surface area (Å²) in [5, 5.41) is 3.17. The number of fused-ring (bicyclic) bond motifs is 2. The van der Waals surface area contributed by atoms with E-state index in [1.165, 1.54) is 30.3 Å². The van der Waals surface area contributed by atoms with Crippen LogP contribution in [0.5, 0.6) is 11.5 Å². The summed E-state index contributed by atoms with van der Waals surface area (Å²) in [6.07, 6.45) is 0.644. The van der Waals surface area contributed by atoms with Crippen LogP contribution >= 0.6 is 0 Å². The number of ketones is 2. The fourth-order valence-corrected chi connectivity index (χ4v) is 8.83. The molecule has 1 aliphatic carbocycles. The Labute approximate surface area is 329 Å². The predicted octanol–water partition coefficient (Wildman–Crippen LogP) is 8.03. The molecule has 0 fully saturated rings. The summed E-state index contributed by atoms with van der Waals surface area (Å²) in [6, 6.07) is 25.0. The Morgan fingerprint density at radius 2 is 1.37 bits per heavy atom. The molecule has 1 aromatic heterocycles. The molecule has 12 nitrogen and oxygen atoms in total. The maximum atomic E-state index is 14.5. The highest BCUT2D eigenvalue weighted by molar-refractivity contribution is 7.86. The molecule has 0 atom stereocenters. The number of nitrogens with one attached hydrogen (secondary N) is 2. The van der Waals surface area contributed by atoms with Crippen LogP contribution in [0.2, 0.25) is 0 Å². The largest absolute Gasteiger partial charge is 0.744 e. The van der Waals surface area contributed by atoms with E-state index in [-0.39, 0.29) is 72.6 Å². The van der Waals surface area contributed by atoms with Crippen molar-refractivity contribution in [2.24, 2.45) is 5.41 Å². The van der Waals surface area contributed by atoms with E-state index in [2.05, 4.69) is 10.3 Å². The summed E-state index contributed by atoms with van der Waals surface area (Å²) in [4.78, 5) is 44.5. The standard InChI is InChI=1S/C43H38N2O10S2/c1-42(2,3)23-43(4,5)25-15-20-31(33(21-25)57(52,53)54)55-32-22-30(44-26-16-18-27(19-17-26)56(49,50)51)35-36-34(28-13-9-10-14-29(28)40(35)47)37(41(48)45-38(32)36)39(46)24-11-7-6-8-12-24/h6-22,44H,23H2,1-5H3,(H,45,48)(H,49,50,51)(H,52,53,54)/p-2. The monoisotopic (exact) mass is 804 g/mol. The number of benzene rings is 5. The number of anilines is 2. The van der Waals surface area contributed by atoms with Crippen molar-refractivity contribution in [3.05, 3.63) is 141 Å². The second-order valence-electron chi connectivity index (χ2n) is 15.8. The normalized spacial score (nSPS) is 13.0. The Morgan fingerprint density at radius 3 is 1.98 bits per heavy atom. The quantitative estimate of drug-likeness (QED) is 0.100. The third kappa shape index (κ3) is 7.52. The topological polar surface area (TPSA) is 203 Å². The van der Waals surface area contributed by atoms with Crippen LogP contribution in [-0.4, -0.2) is 42.5 Å². The van der Waals surface area contributed by atoms with Crippen LogP contribution in [0.3, 0.4) is 0 Å². The summed E-state index contributed by atoms with van der Waals surface area (Å²) in [6.45, 7) is 10.0. The number of carbonyl (C=O) groups excluding carboxylic acids is 2. The first kappa shape index (κ1) is 39.3. The van der Waals surface area contributed by atoms with Crippen molar-refractivity contribution in [3.63, 3.8) is 0 Å². The van der Waals surface area contributed by atoms with Gasteiger partial charge >= 0.3 is 0 Å². The molecule has 0 aliphatic heterocycles. The van der Waals surface area contributed by atoms with Crippen molar-refractivity contribution in [2.45, 2.75) is 56.2 Å².